The summed E-state index contributed by atoms with van der Waals surface area (Å²) >= 11 is 0. The minimum absolute atomic E-state index is 0.0235. The SMILES string of the molecule is COc1c(CN(CC(=O)O)CC(C)C)c(C)nn1C. The number of rotatable bonds is 7. The van der Waals surface area contributed by atoms with E-state index in [0.717, 1.165) is 17.8 Å². The number of carboxylic acids is 1. The third kappa shape index (κ3) is 4.24. The summed E-state index contributed by atoms with van der Waals surface area (Å²) in [4.78, 5) is 12.8. The zero-order valence-corrected chi connectivity index (χ0v) is 12.3. The van der Waals surface area contributed by atoms with Gasteiger partial charge in [0.2, 0.25) is 5.88 Å². The number of carbonyl (C=O) groups is 1. The van der Waals surface area contributed by atoms with E-state index in [9.17, 15) is 4.79 Å². The van der Waals surface area contributed by atoms with E-state index < -0.39 is 5.97 Å². The van der Waals surface area contributed by atoms with Crippen LogP contribution in [0.15, 0.2) is 0 Å². The van der Waals surface area contributed by atoms with Crippen LogP contribution in [0.5, 0.6) is 5.88 Å². The average molecular weight is 269 g/mol. The largest absolute Gasteiger partial charge is 0.481 e. The lowest BCUT2D eigenvalue weighted by Crippen LogP contribution is -2.32. The third-order valence-corrected chi connectivity index (χ3v) is 2.85. The Morgan fingerprint density at radius 3 is 2.63 bits per heavy atom. The molecule has 0 aromatic carbocycles. The molecule has 0 radical (unpaired) electrons. The standard InChI is InChI=1S/C13H23N3O3/c1-9(2)6-16(8-12(17)18)7-11-10(3)14-15(4)13(11)19-5/h9H,6-8H2,1-5H3,(H,17,18). The van der Waals surface area contributed by atoms with Gasteiger partial charge in [-0.2, -0.15) is 5.10 Å². The predicted molar refractivity (Wildman–Crippen MR) is 72.2 cm³/mol. The second-order valence-electron chi connectivity index (χ2n) is 5.15. The van der Waals surface area contributed by atoms with Crippen LogP contribution in [0.25, 0.3) is 0 Å². The van der Waals surface area contributed by atoms with Crippen LogP contribution in [0.2, 0.25) is 0 Å². The highest BCUT2D eigenvalue weighted by Gasteiger charge is 2.19. The molecule has 0 bridgehead atoms. The van der Waals surface area contributed by atoms with Crippen molar-refractivity contribution in [1.82, 2.24) is 14.7 Å². The van der Waals surface area contributed by atoms with Crippen molar-refractivity contribution in [2.75, 3.05) is 20.2 Å². The Bertz CT molecular complexity index is 441. The highest BCUT2D eigenvalue weighted by molar-refractivity contribution is 5.69. The van der Waals surface area contributed by atoms with Gasteiger partial charge in [-0.3, -0.25) is 9.69 Å². The molecule has 0 aliphatic heterocycles. The Labute approximate surface area is 114 Å². The maximum atomic E-state index is 10.9. The van der Waals surface area contributed by atoms with E-state index >= 15 is 0 Å². The van der Waals surface area contributed by atoms with Crippen LogP contribution in [0.3, 0.4) is 0 Å². The Hall–Kier alpha value is -1.56. The van der Waals surface area contributed by atoms with Crippen molar-refractivity contribution >= 4 is 5.97 Å². The molecule has 0 aliphatic rings. The lowest BCUT2D eigenvalue weighted by atomic mass is 10.1. The molecule has 0 spiro atoms. The Balaban J connectivity index is 2.91. The normalized spacial score (nSPS) is 11.3. The van der Waals surface area contributed by atoms with Crippen LogP contribution in [0.4, 0.5) is 0 Å². The second-order valence-corrected chi connectivity index (χ2v) is 5.15. The third-order valence-electron chi connectivity index (χ3n) is 2.85. The van der Waals surface area contributed by atoms with Gasteiger partial charge < -0.3 is 9.84 Å². The first kappa shape index (κ1) is 15.5. The van der Waals surface area contributed by atoms with Gasteiger partial charge in [-0.15, -0.1) is 0 Å². The number of hydrogen-bond donors (Lipinski definition) is 1. The number of aliphatic carboxylic acids is 1. The summed E-state index contributed by atoms with van der Waals surface area (Å²) < 4.78 is 7.01. The number of hydrogen-bond acceptors (Lipinski definition) is 4. The highest BCUT2D eigenvalue weighted by atomic mass is 16.5. The number of ether oxygens (including phenoxy) is 1. The van der Waals surface area contributed by atoms with Crippen molar-refractivity contribution in [3.63, 3.8) is 0 Å². The van der Waals surface area contributed by atoms with Crippen molar-refractivity contribution in [2.45, 2.75) is 27.3 Å². The first-order valence-electron chi connectivity index (χ1n) is 6.35. The van der Waals surface area contributed by atoms with Crippen LogP contribution in [0, 0.1) is 12.8 Å². The summed E-state index contributed by atoms with van der Waals surface area (Å²) in [5.74, 6) is 0.278. The van der Waals surface area contributed by atoms with Gasteiger partial charge in [0.15, 0.2) is 0 Å². The number of nitrogens with zero attached hydrogens (tertiary/aromatic N) is 3. The van der Waals surface area contributed by atoms with Crippen molar-refractivity contribution in [3.05, 3.63) is 11.3 Å². The predicted octanol–water partition coefficient (Wildman–Crippen LogP) is 1.28. The fraction of sp³-hybridized carbons (Fsp3) is 0.692. The summed E-state index contributed by atoms with van der Waals surface area (Å²) in [5.41, 5.74) is 1.82. The Kier molecular flexibility index (Phi) is 5.35. The lowest BCUT2D eigenvalue weighted by Gasteiger charge is -2.22. The molecule has 0 atom stereocenters. The first-order valence-corrected chi connectivity index (χ1v) is 6.35. The molecular formula is C13H23N3O3. The molecule has 0 amide bonds. The first-order chi connectivity index (χ1) is 8.85. The smallest absolute Gasteiger partial charge is 0.317 e. The molecule has 1 N–H and O–H groups in total. The molecule has 0 aliphatic carbocycles. The molecule has 1 heterocycles. The molecule has 0 fully saturated rings. The lowest BCUT2D eigenvalue weighted by molar-refractivity contribution is -0.138. The van der Waals surface area contributed by atoms with Gasteiger partial charge in [0.05, 0.1) is 24.9 Å². The molecule has 0 saturated carbocycles. The van der Waals surface area contributed by atoms with E-state index in [1.807, 2.05) is 18.9 Å². The molecule has 108 valence electrons. The summed E-state index contributed by atoms with van der Waals surface area (Å²) in [6.45, 7) is 7.34. The average Bonchev–Trinajstić information content (AvgIpc) is 2.51. The second kappa shape index (κ2) is 6.56. The van der Waals surface area contributed by atoms with E-state index in [0.29, 0.717) is 18.3 Å². The van der Waals surface area contributed by atoms with Crippen molar-refractivity contribution in [1.29, 1.82) is 0 Å². The monoisotopic (exact) mass is 269 g/mol. The minimum Gasteiger partial charge on any atom is -0.481 e. The maximum Gasteiger partial charge on any atom is 0.317 e. The minimum atomic E-state index is -0.818. The summed E-state index contributed by atoms with van der Waals surface area (Å²) in [6, 6.07) is 0. The number of aromatic nitrogens is 2. The number of carboxylic acid groups (broad SMARTS) is 1. The molecule has 1 rings (SSSR count). The van der Waals surface area contributed by atoms with Gasteiger partial charge in [0.1, 0.15) is 0 Å². The van der Waals surface area contributed by atoms with Crippen molar-refractivity contribution in [3.8, 4) is 5.88 Å². The van der Waals surface area contributed by atoms with Crippen molar-refractivity contribution in [2.24, 2.45) is 13.0 Å². The van der Waals surface area contributed by atoms with Crippen molar-refractivity contribution < 1.29 is 14.6 Å². The quantitative estimate of drug-likeness (QED) is 0.807. The molecule has 1 aromatic heterocycles. The van der Waals surface area contributed by atoms with Gasteiger partial charge in [-0.05, 0) is 12.8 Å². The van der Waals surface area contributed by atoms with Gasteiger partial charge in [-0.1, -0.05) is 13.8 Å². The van der Waals surface area contributed by atoms with E-state index in [1.165, 1.54) is 0 Å². The summed E-state index contributed by atoms with van der Waals surface area (Å²) in [7, 11) is 3.42. The van der Waals surface area contributed by atoms with E-state index in [1.54, 1.807) is 11.8 Å². The van der Waals surface area contributed by atoms with Gasteiger partial charge in [0.25, 0.3) is 0 Å². The maximum absolute atomic E-state index is 10.9. The topological polar surface area (TPSA) is 67.6 Å². The Morgan fingerprint density at radius 1 is 1.53 bits per heavy atom. The van der Waals surface area contributed by atoms with Gasteiger partial charge in [0, 0.05) is 20.1 Å². The van der Waals surface area contributed by atoms with Crippen LogP contribution >= 0.6 is 0 Å². The Morgan fingerprint density at radius 2 is 2.16 bits per heavy atom. The molecule has 19 heavy (non-hydrogen) atoms. The van der Waals surface area contributed by atoms with Crippen LogP contribution in [-0.4, -0.2) is 46.0 Å². The fourth-order valence-electron chi connectivity index (χ4n) is 2.23. The van der Waals surface area contributed by atoms with Crippen LogP contribution < -0.4 is 4.74 Å². The molecule has 0 saturated heterocycles. The highest BCUT2D eigenvalue weighted by Crippen LogP contribution is 2.23. The number of aryl methyl sites for hydroxylation is 2. The van der Waals surface area contributed by atoms with Gasteiger partial charge >= 0.3 is 5.97 Å². The molecular weight excluding hydrogens is 246 g/mol. The fourth-order valence-corrected chi connectivity index (χ4v) is 2.23. The van der Waals surface area contributed by atoms with E-state index in [-0.39, 0.29) is 6.54 Å². The van der Waals surface area contributed by atoms with Crippen LogP contribution in [-0.2, 0) is 18.4 Å². The zero-order chi connectivity index (χ0) is 14.6. The zero-order valence-electron chi connectivity index (χ0n) is 12.3. The molecule has 1 aromatic rings. The molecule has 6 heteroatoms. The van der Waals surface area contributed by atoms with E-state index in [4.69, 9.17) is 9.84 Å². The number of methoxy groups -OCH3 is 1. The summed E-state index contributed by atoms with van der Waals surface area (Å²) in [5, 5.41) is 13.3. The summed E-state index contributed by atoms with van der Waals surface area (Å²) in [6.07, 6.45) is 0. The van der Waals surface area contributed by atoms with Gasteiger partial charge in [-0.25, -0.2) is 4.68 Å². The van der Waals surface area contributed by atoms with E-state index in [2.05, 4.69) is 18.9 Å². The van der Waals surface area contributed by atoms with Crippen LogP contribution in [0.1, 0.15) is 25.1 Å². The molecule has 0 unspecified atom stereocenters. The molecule has 6 nitrogen and oxygen atoms in total.